The fourth-order valence-corrected chi connectivity index (χ4v) is 3.94. The van der Waals surface area contributed by atoms with E-state index in [0.717, 1.165) is 31.4 Å². The molecule has 0 amide bonds. The Morgan fingerprint density at radius 1 is 1.41 bits per heavy atom. The Kier molecular flexibility index (Phi) is 3.18. The minimum atomic E-state index is 0.193. The highest BCUT2D eigenvalue weighted by Gasteiger charge is 2.41. The number of ether oxygens (including phenoxy) is 1. The Bertz CT molecular complexity index is 283. The molecule has 2 saturated heterocycles. The van der Waals surface area contributed by atoms with E-state index in [-0.39, 0.29) is 5.54 Å². The molecule has 2 N–H and O–H groups in total. The van der Waals surface area contributed by atoms with E-state index >= 15 is 0 Å². The summed E-state index contributed by atoms with van der Waals surface area (Å²) in [7, 11) is 0. The van der Waals surface area contributed by atoms with Crippen LogP contribution < -0.4 is 10.6 Å². The molecule has 3 aliphatic rings. The zero-order valence-electron chi connectivity index (χ0n) is 11.2. The van der Waals surface area contributed by atoms with E-state index in [1.54, 1.807) is 0 Å². The number of rotatable bonds is 3. The maximum atomic E-state index is 5.69. The predicted octanol–water partition coefficient (Wildman–Crippen LogP) is 1.53. The summed E-state index contributed by atoms with van der Waals surface area (Å²) < 4.78 is 5.69. The minimum Gasteiger partial charge on any atom is -0.377 e. The van der Waals surface area contributed by atoms with E-state index in [0.29, 0.717) is 12.1 Å². The van der Waals surface area contributed by atoms with Crippen LogP contribution in [0.15, 0.2) is 0 Å². The van der Waals surface area contributed by atoms with Gasteiger partial charge in [-0.25, -0.2) is 0 Å². The van der Waals surface area contributed by atoms with Gasteiger partial charge in [-0.1, -0.05) is 6.42 Å². The zero-order chi connectivity index (χ0) is 11.9. The maximum absolute atomic E-state index is 5.69. The monoisotopic (exact) mass is 238 g/mol. The van der Waals surface area contributed by atoms with Crippen molar-refractivity contribution in [3.8, 4) is 0 Å². The summed E-state index contributed by atoms with van der Waals surface area (Å²) >= 11 is 0. The summed E-state index contributed by atoms with van der Waals surface area (Å²) in [6, 6.07) is 0.701. The number of hydrogen-bond acceptors (Lipinski definition) is 3. The van der Waals surface area contributed by atoms with Gasteiger partial charge in [-0.2, -0.15) is 0 Å². The minimum absolute atomic E-state index is 0.193. The van der Waals surface area contributed by atoms with Gasteiger partial charge in [0.1, 0.15) is 0 Å². The standard InChI is InChI=1S/C14H26N2O/c1-10-14(2,6-7-17-10)16-9-13-12-5-3-4-11(12)8-15-13/h10-13,15-16H,3-9H2,1-2H3. The number of fused-ring (bicyclic) bond motifs is 1. The molecule has 0 radical (unpaired) electrons. The van der Waals surface area contributed by atoms with Gasteiger partial charge in [-0.05, 0) is 51.5 Å². The molecule has 1 saturated carbocycles. The largest absolute Gasteiger partial charge is 0.377 e. The first kappa shape index (κ1) is 11.9. The molecular formula is C14H26N2O. The van der Waals surface area contributed by atoms with Gasteiger partial charge in [-0.3, -0.25) is 0 Å². The third-order valence-corrected chi connectivity index (χ3v) is 5.49. The second-order valence-electron chi connectivity index (χ2n) is 6.43. The molecule has 3 rings (SSSR count). The van der Waals surface area contributed by atoms with Crippen LogP contribution in [0.25, 0.3) is 0 Å². The second kappa shape index (κ2) is 4.52. The van der Waals surface area contributed by atoms with Gasteiger partial charge >= 0.3 is 0 Å². The Morgan fingerprint density at radius 2 is 2.29 bits per heavy atom. The van der Waals surface area contributed by atoms with Crippen molar-refractivity contribution < 1.29 is 4.74 Å². The molecule has 3 nitrogen and oxygen atoms in total. The normalized spacial score (nSPS) is 49.8. The molecule has 98 valence electrons. The van der Waals surface area contributed by atoms with Crippen molar-refractivity contribution in [2.75, 3.05) is 19.7 Å². The first-order chi connectivity index (χ1) is 8.19. The number of nitrogens with one attached hydrogen (secondary N) is 2. The van der Waals surface area contributed by atoms with Crippen LogP contribution in [0.1, 0.15) is 39.5 Å². The molecule has 0 bridgehead atoms. The van der Waals surface area contributed by atoms with Crippen LogP contribution >= 0.6 is 0 Å². The predicted molar refractivity (Wildman–Crippen MR) is 69.1 cm³/mol. The molecule has 1 aliphatic carbocycles. The van der Waals surface area contributed by atoms with E-state index in [1.807, 2.05) is 0 Å². The van der Waals surface area contributed by atoms with Crippen molar-refractivity contribution >= 4 is 0 Å². The lowest BCUT2D eigenvalue weighted by atomic mass is 9.91. The summed E-state index contributed by atoms with van der Waals surface area (Å²) in [6.45, 7) is 7.78. The van der Waals surface area contributed by atoms with E-state index in [2.05, 4.69) is 24.5 Å². The lowest BCUT2D eigenvalue weighted by Crippen LogP contribution is -2.52. The third kappa shape index (κ3) is 2.13. The van der Waals surface area contributed by atoms with Crippen molar-refractivity contribution in [3.63, 3.8) is 0 Å². The first-order valence-corrected chi connectivity index (χ1v) is 7.29. The Morgan fingerprint density at radius 3 is 3.06 bits per heavy atom. The van der Waals surface area contributed by atoms with Gasteiger partial charge in [0, 0.05) is 24.7 Å². The highest BCUT2D eigenvalue weighted by atomic mass is 16.5. The molecule has 17 heavy (non-hydrogen) atoms. The van der Waals surface area contributed by atoms with E-state index in [9.17, 15) is 0 Å². The van der Waals surface area contributed by atoms with Crippen molar-refractivity contribution in [2.24, 2.45) is 11.8 Å². The summed E-state index contributed by atoms with van der Waals surface area (Å²) in [5.74, 6) is 1.90. The Hall–Kier alpha value is -0.120. The summed E-state index contributed by atoms with van der Waals surface area (Å²) in [4.78, 5) is 0. The highest BCUT2D eigenvalue weighted by molar-refractivity contribution is 4.99. The highest BCUT2D eigenvalue weighted by Crippen LogP contribution is 2.37. The quantitative estimate of drug-likeness (QED) is 0.782. The molecule has 0 aromatic carbocycles. The second-order valence-corrected chi connectivity index (χ2v) is 6.43. The van der Waals surface area contributed by atoms with Crippen LogP contribution in [0.2, 0.25) is 0 Å². The summed E-state index contributed by atoms with van der Waals surface area (Å²) in [6.07, 6.45) is 5.83. The first-order valence-electron chi connectivity index (χ1n) is 7.29. The van der Waals surface area contributed by atoms with E-state index in [4.69, 9.17) is 4.74 Å². The maximum Gasteiger partial charge on any atom is 0.0726 e. The molecule has 2 heterocycles. The van der Waals surface area contributed by atoms with Crippen LogP contribution in [0.4, 0.5) is 0 Å². The van der Waals surface area contributed by atoms with Crippen LogP contribution in [0, 0.1) is 11.8 Å². The zero-order valence-corrected chi connectivity index (χ0v) is 11.2. The van der Waals surface area contributed by atoms with Crippen molar-refractivity contribution in [3.05, 3.63) is 0 Å². The van der Waals surface area contributed by atoms with Crippen molar-refractivity contribution in [1.82, 2.24) is 10.6 Å². The summed E-state index contributed by atoms with van der Waals surface area (Å²) in [5.41, 5.74) is 0.193. The molecule has 0 aromatic rings. The van der Waals surface area contributed by atoms with Crippen LogP contribution in [0.5, 0.6) is 0 Å². The van der Waals surface area contributed by atoms with Gasteiger partial charge in [-0.15, -0.1) is 0 Å². The van der Waals surface area contributed by atoms with Gasteiger partial charge in [0.05, 0.1) is 6.10 Å². The third-order valence-electron chi connectivity index (χ3n) is 5.49. The fraction of sp³-hybridized carbons (Fsp3) is 1.00. The van der Waals surface area contributed by atoms with Crippen molar-refractivity contribution in [1.29, 1.82) is 0 Å². The van der Waals surface area contributed by atoms with Gasteiger partial charge in [0.2, 0.25) is 0 Å². The van der Waals surface area contributed by atoms with Crippen LogP contribution in [-0.2, 0) is 4.74 Å². The SMILES string of the molecule is CC1OCCC1(C)NCC1NCC2CCCC21. The van der Waals surface area contributed by atoms with Crippen LogP contribution in [-0.4, -0.2) is 37.4 Å². The van der Waals surface area contributed by atoms with E-state index < -0.39 is 0 Å². The van der Waals surface area contributed by atoms with Crippen molar-refractivity contribution in [2.45, 2.75) is 57.2 Å². The van der Waals surface area contributed by atoms with Gasteiger partial charge in [0.25, 0.3) is 0 Å². The lowest BCUT2D eigenvalue weighted by molar-refractivity contribution is 0.0873. The molecule has 0 spiro atoms. The number of hydrogen-bond donors (Lipinski definition) is 2. The molecule has 0 aromatic heterocycles. The topological polar surface area (TPSA) is 33.3 Å². The molecular weight excluding hydrogens is 212 g/mol. The molecule has 5 unspecified atom stereocenters. The van der Waals surface area contributed by atoms with E-state index in [1.165, 1.54) is 25.8 Å². The van der Waals surface area contributed by atoms with Gasteiger partial charge in [0.15, 0.2) is 0 Å². The fourth-order valence-electron chi connectivity index (χ4n) is 3.94. The Labute approximate surface area is 105 Å². The van der Waals surface area contributed by atoms with Gasteiger partial charge < -0.3 is 15.4 Å². The lowest BCUT2D eigenvalue weighted by Gasteiger charge is -2.31. The smallest absolute Gasteiger partial charge is 0.0726 e. The Balaban J connectivity index is 1.54. The molecule has 3 heteroatoms. The average molecular weight is 238 g/mol. The molecule has 2 aliphatic heterocycles. The summed E-state index contributed by atoms with van der Waals surface area (Å²) in [5, 5.41) is 7.49. The molecule has 3 fully saturated rings. The average Bonchev–Trinajstić information content (AvgIpc) is 2.94. The molecule has 5 atom stereocenters. The van der Waals surface area contributed by atoms with Crippen LogP contribution in [0.3, 0.4) is 0 Å².